The van der Waals surface area contributed by atoms with Crippen molar-refractivity contribution in [2.24, 2.45) is 29.1 Å². The van der Waals surface area contributed by atoms with Gasteiger partial charge in [0.05, 0.1) is 29.9 Å². The summed E-state index contributed by atoms with van der Waals surface area (Å²) in [4.78, 5) is 68.2. The Labute approximate surface area is 355 Å². The van der Waals surface area contributed by atoms with Crippen molar-refractivity contribution in [2.75, 3.05) is 13.7 Å². The fraction of sp³-hybridized carbons (Fsp3) is 0.674. The molecule has 18 heteroatoms. The number of hydrogen-bond acceptors (Lipinski definition) is 11. The molecule has 1 aromatic heterocycles. The molecule has 1 saturated heterocycles. The number of alkyl halides is 2. The van der Waals surface area contributed by atoms with Crippen LogP contribution in [0, 0.1) is 29.1 Å². The summed E-state index contributed by atoms with van der Waals surface area (Å²) in [7, 11) is -2.56. The second kappa shape index (κ2) is 17.3. The van der Waals surface area contributed by atoms with E-state index in [9.17, 15) is 36.4 Å². The number of nitrogens with one attached hydrogen (secondary N) is 3. The lowest BCUT2D eigenvalue weighted by Gasteiger charge is -2.36. The van der Waals surface area contributed by atoms with Gasteiger partial charge in [-0.15, -0.1) is 6.58 Å². The number of allylic oxidation sites excluding steroid dienone is 1. The maximum absolute atomic E-state index is 15.0. The molecule has 4 amide bonds. The maximum Gasteiger partial charge on any atom is 0.408 e. The number of rotatable bonds is 9. The monoisotopic (exact) mass is 872 g/mol. The first-order chi connectivity index (χ1) is 28.8. The van der Waals surface area contributed by atoms with Crippen LogP contribution < -0.4 is 24.8 Å². The second-order valence-electron chi connectivity index (χ2n) is 18.7. The van der Waals surface area contributed by atoms with Crippen LogP contribution in [0.3, 0.4) is 0 Å². The summed E-state index contributed by atoms with van der Waals surface area (Å²) in [5, 5.41) is 4.68. The molecule has 0 spiro atoms. The minimum atomic E-state index is -4.10. The first-order valence-corrected chi connectivity index (χ1v) is 23.0. The summed E-state index contributed by atoms with van der Waals surface area (Å²) in [5.74, 6) is -3.44. The van der Waals surface area contributed by atoms with Crippen LogP contribution in [0.25, 0.3) is 11.0 Å². The van der Waals surface area contributed by atoms with Gasteiger partial charge in [-0.3, -0.25) is 19.1 Å². The first kappa shape index (κ1) is 44.4. The van der Waals surface area contributed by atoms with E-state index >= 15 is 0 Å². The average Bonchev–Trinajstić information content (AvgIpc) is 4.10. The van der Waals surface area contributed by atoms with Crippen LogP contribution in [0.15, 0.2) is 30.9 Å². The third kappa shape index (κ3) is 9.58. The Morgan fingerprint density at radius 2 is 1.84 bits per heavy atom. The number of aromatic nitrogens is 2. The van der Waals surface area contributed by atoms with Crippen molar-refractivity contribution in [3.05, 3.63) is 36.5 Å². The smallest absolute Gasteiger partial charge is 0.408 e. The number of hydrogen-bond donors (Lipinski definition) is 3. The Kier molecular flexibility index (Phi) is 12.6. The van der Waals surface area contributed by atoms with Crippen LogP contribution in [0.5, 0.6) is 11.6 Å². The minimum Gasteiger partial charge on any atom is -0.497 e. The Bertz CT molecular complexity index is 2150. The SMILES string of the molecule is C=C[C@@H]1C[C@H]2CCCCCc3nc4ccc(OC)cc4nc3O[C@H]3CN(C(=O)[C@H](C(C)(C)C)NC(=O)O[C@@H]2C1)[C@H](C(=O)N[C@]1(C(=O)NS(=O)(=O)C2CC2)CC1CC(F)F)[C@@H]3C. The number of ether oxygens (including phenoxy) is 3. The average molecular weight is 873 g/mol. The number of sulfonamides is 1. The van der Waals surface area contributed by atoms with Gasteiger partial charge >= 0.3 is 6.09 Å². The van der Waals surface area contributed by atoms with Crippen LogP contribution in [0.2, 0.25) is 0 Å². The molecule has 61 heavy (non-hydrogen) atoms. The van der Waals surface area contributed by atoms with Crippen molar-refractivity contribution in [1.82, 2.24) is 30.2 Å². The van der Waals surface area contributed by atoms with Gasteiger partial charge in [-0.1, -0.05) is 46.6 Å². The molecule has 15 nitrogen and oxygen atoms in total. The van der Waals surface area contributed by atoms with Crippen LogP contribution in [-0.2, 0) is 35.6 Å². The molecule has 2 aromatic rings. The molecule has 1 unspecified atom stereocenters. The van der Waals surface area contributed by atoms with Gasteiger partial charge in [0.15, 0.2) is 0 Å². The van der Waals surface area contributed by atoms with Crippen LogP contribution >= 0.6 is 0 Å². The fourth-order valence-electron chi connectivity index (χ4n) is 9.34. The Morgan fingerprint density at radius 1 is 1.08 bits per heavy atom. The molecule has 2 aliphatic heterocycles. The van der Waals surface area contributed by atoms with E-state index < -0.39 is 99.0 Å². The van der Waals surface area contributed by atoms with Crippen molar-refractivity contribution in [3.63, 3.8) is 0 Å². The van der Waals surface area contributed by atoms with E-state index in [0.29, 0.717) is 48.2 Å². The lowest BCUT2D eigenvalue weighted by Crippen LogP contribution is -2.61. The normalized spacial score (nSPS) is 31.1. The van der Waals surface area contributed by atoms with Gasteiger partial charge < -0.3 is 29.7 Å². The van der Waals surface area contributed by atoms with Crippen molar-refractivity contribution in [1.29, 1.82) is 0 Å². The predicted octanol–water partition coefficient (Wildman–Crippen LogP) is 5.21. The molecule has 1 aromatic carbocycles. The topological polar surface area (TPSA) is 195 Å². The van der Waals surface area contributed by atoms with Crippen molar-refractivity contribution < 1.29 is 50.6 Å². The molecule has 3 heterocycles. The van der Waals surface area contributed by atoms with Gasteiger partial charge in [0.2, 0.25) is 34.1 Å². The number of carbonyl (C=O) groups is 4. The summed E-state index contributed by atoms with van der Waals surface area (Å²) in [6.45, 7) is 10.8. The zero-order valence-electron chi connectivity index (χ0n) is 35.5. The van der Waals surface area contributed by atoms with Crippen LogP contribution in [0.4, 0.5) is 13.6 Å². The standard InChI is InChI=1S/C43H58F2N6O9S/c1-7-24-17-25-11-9-8-10-12-30-38(47-31-20-27(58-6)13-16-29(31)46-30)59-33-22-51(39(53)36(42(3,4)5)48-41(55)60-32(25)18-24)35(23(33)2)37(52)49-43(21-26(43)19-34(44)45)40(54)50-61(56,57)28-14-15-28/h7,13,16,20,23-26,28,32-36H,1,8-12,14-15,17-19,21-22H2,2-6H3,(H,48,55)(H,49,52)(H,50,54)/t23-,24-,25-,26?,32-,33+,35+,36-,43-/m1/s1. The molecular weight excluding hydrogens is 815 g/mol. The number of methoxy groups -OCH3 is 1. The van der Waals surface area contributed by atoms with Gasteiger partial charge in [-0.05, 0) is 86.7 Å². The highest BCUT2D eigenvalue weighted by atomic mass is 32.2. The Hall–Kier alpha value is -4.61. The number of nitrogens with zero attached hydrogens (tertiary/aromatic N) is 3. The molecular formula is C43H58F2N6O9S. The number of amides is 4. The van der Waals surface area contributed by atoms with Crippen LogP contribution in [0.1, 0.15) is 97.6 Å². The molecule has 3 aliphatic carbocycles. The summed E-state index contributed by atoms with van der Waals surface area (Å²) < 4.78 is 73.5. The number of carbonyl (C=O) groups excluding carboxylic acids is 4. The molecule has 5 aliphatic rings. The molecule has 2 bridgehead atoms. The highest BCUT2D eigenvalue weighted by molar-refractivity contribution is 7.91. The molecule has 4 fully saturated rings. The number of benzene rings is 1. The first-order valence-electron chi connectivity index (χ1n) is 21.4. The highest BCUT2D eigenvalue weighted by Crippen LogP contribution is 2.48. The van der Waals surface area contributed by atoms with E-state index in [2.05, 4.69) is 17.2 Å². The molecule has 7 rings (SSSR count). The molecule has 334 valence electrons. The lowest BCUT2D eigenvalue weighted by molar-refractivity contribution is -0.143. The van der Waals surface area contributed by atoms with Crippen molar-refractivity contribution >= 4 is 44.9 Å². The highest BCUT2D eigenvalue weighted by Gasteiger charge is 2.64. The summed E-state index contributed by atoms with van der Waals surface area (Å²) in [6.07, 6.45) is 1.95. The number of alkyl carbamates (subject to hydrolysis) is 1. The van der Waals surface area contributed by atoms with Crippen molar-refractivity contribution in [2.45, 2.75) is 140 Å². The zero-order chi connectivity index (χ0) is 44.0. The Balaban J connectivity index is 1.26. The van der Waals surface area contributed by atoms with Gasteiger partial charge in [-0.2, -0.15) is 0 Å². The minimum absolute atomic E-state index is 0.0825. The molecule has 9 atom stereocenters. The third-order valence-electron chi connectivity index (χ3n) is 13.2. The summed E-state index contributed by atoms with van der Waals surface area (Å²) >= 11 is 0. The van der Waals surface area contributed by atoms with Gasteiger partial charge in [0.1, 0.15) is 41.3 Å². The van der Waals surface area contributed by atoms with Gasteiger partial charge in [0, 0.05) is 18.4 Å². The third-order valence-corrected chi connectivity index (χ3v) is 15.0. The molecule has 3 saturated carbocycles. The largest absolute Gasteiger partial charge is 0.497 e. The van der Waals surface area contributed by atoms with E-state index in [1.54, 1.807) is 39.8 Å². The van der Waals surface area contributed by atoms with Gasteiger partial charge in [0.25, 0.3) is 5.91 Å². The fourth-order valence-corrected chi connectivity index (χ4v) is 10.7. The molecule has 0 radical (unpaired) electrons. The number of fused-ring (bicyclic) bond motifs is 5. The quantitative estimate of drug-likeness (QED) is 0.280. The number of aryl methyl sites for hydroxylation is 1. The Morgan fingerprint density at radius 3 is 2.51 bits per heavy atom. The van der Waals surface area contributed by atoms with E-state index in [4.69, 9.17) is 24.2 Å². The lowest BCUT2D eigenvalue weighted by atomic mass is 9.85. The van der Waals surface area contributed by atoms with E-state index in [-0.39, 0.29) is 30.7 Å². The van der Waals surface area contributed by atoms with Crippen molar-refractivity contribution in [3.8, 4) is 11.6 Å². The van der Waals surface area contributed by atoms with Crippen LogP contribution in [-0.4, -0.2) is 102 Å². The summed E-state index contributed by atoms with van der Waals surface area (Å²) in [5.41, 5.74) is -1.16. The van der Waals surface area contributed by atoms with Gasteiger partial charge in [-0.25, -0.2) is 32.0 Å². The second-order valence-corrected chi connectivity index (χ2v) is 20.6. The van der Waals surface area contributed by atoms with E-state index in [0.717, 1.165) is 32.1 Å². The van der Waals surface area contributed by atoms with E-state index in [1.807, 2.05) is 16.9 Å². The van der Waals surface area contributed by atoms with E-state index in [1.165, 1.54) is 12.0 Å². The predicted molar refractivity (Wildman–Crippen MR) is 220 cm³/mol. The molecule has 3 N–H and O–H groups in total. The zero-order valence-corrected chi connectivity index (χ0v) is 36.3. The summed E-state index contributed by atoms with van der Waals surface area (Å²) in [6, 6.07) is 2.76. The maximum atomic E-state index is 15.0. The number of halogens is 2.